The Labute approximate surface area is 173 Å². The molecule has 2 heterocycles. The molecule has 6 heteroatoms. The van der Waals surface area contributed by atoms with Crippen LogP contribution in [0.1, 0.15) is 30.1 Å². The summed E-state index contributed by atoms with van der Waals surface area (Å²) >= 11 is 0. The number of fused-ring (bicyclic) bond motifs is 1. The molecule has 1 aliphatic rings. The van der Waals surface area contributed by atoms with Crippen LogP contribution in [0.15, 0.2) is 65.2 Å². The Morgan fingerprint density at radius 3 is 2.73 bits per heavy atom. The zero-order valence-corrected chi connectivity index (χ0v) is 16.5. The lowest BCUT2D eigenvalue weighted by Crippen LogP contribution is -1.98. The minimum Gasteiger partial charge on any atom is -0.493 e. The molecule has 0 saturated heterocycles. The Kier molecular flexibility index (Phi) is 4.67. The summed E-state index contributed by atoms with van der Waals surface area (Å²) in [6.07, 6.45) is 4.16. The van der Waals surface area contributed by atoms with Gasteiger partial charge in [-0.2, -0.15) is 0 Å². The number of Topliss-reactive ketones (excluding diaryl/α,β-unsaturated/α-hetero) is 1. The van der Waals surface area contributed by atoms with Crippen molar-refractivity contribution in [3.63, 3.8) is 0 Å². The third-order valence-corrected chi connectivity index (χ3v) is 4.99. The molecule has 30 heavy (non-hydrogen) atoms. The van der Waals surface area contributed by atoms with Crippen molar-refractivity contribution in [1.29, 1.82) is 0 Å². The number of rotatable bonds is 7. The number of aromatic nitrogens is 2. The van der Waals surface area contributed by atoms with E-state index in [2.05, 4.69) is 9.97 Å². The Morgan fingerprint density at radius 1 is 1.10 bits per heavy atom. The SMILES string of the molecule is CC(=O)c1ccc2nc(-c3ccc(Oc4cccc(OCC5CC5)c4)nc3)oc2c1. The van der Waals surface area contributed by atoms with Gasteiger partial charge in [0.15, 0.2) is 11.4 Å². The van der Waals surface area contributed by atoms with E-state index >= 15 is 0 Å². The average Bonchev–Trinajstić information content (AvgIpc) is 3.49. The number of carbonyl (C=O) groups is 1. The molecule has 6 nitrogen and oxygen atoms in total. The molecule has 2 aromatic heterocycles. The van der Waals surface area contributed by atoms with Gasteiger partial charge in [-0.1, -0.05) is 6.07 Å². The van der Waals surface area contributed by atoms with Crippen LogP contribution in [0.3, 0.4) is 0 Å². The largest absolute Gasteiger partial charge is 0.493 e. The second-order valence-electron chi connectivity index (χ2n) is 7.47. The summed E-state index contributed by atoms with van der Waals surface area (Å²) in [7, 11) is 0. The first-order valence-corrected chi connectivity index (χ1v) is 9.93. The highest BCUT2D eigenvalue weighted by molar-refractivity contribution is 5.97. The van der Waals surface area contributed by atoms with E-state index in [1.807, 2.05) is 30.3 Å². The van der Waals surface area contributed by atoms with Crippen molar-refractivity contribution in [2.75, 3.05) is 6.61 Å². The summed E-state index contributed by atoms with van der Waals surface area (Å²) in [6, 6.07) is 16.4. The van der Waals surface area contributed by atoms with Crippen molar-refractivity contribution in [3.05, 3.63) is 66.4 Å². The topological polar surface area (TPSA) is 74.5 Å². The summed E-state index contributed by atoms with van der Waals surface area (Å²) in [5.41, 5.74) is 2.58. The first-order chi connectivity index (χ1) is 14.6. The van der Waals surface area contributed by atoms with E-state index in [-0.39, 0.29) is 5.78 Å². The van der Waals surface area contributed by atoms with E-state index in [9.17, 15) is 4.79 Å². The number of hydrogen-bond donors (Lipinski definition) is 0. The molecule has 1 fully saturated rings. The Hall–Kier alpha value is -3.67. The summed E-state index contributed by atoms with van der Waals surface area (Å²) in [4.78, 5) is 20.4. The van der Waals surface area contributed by atoms with Gasteiger partial charge in [0.2, 0.25) is 11.8 Å². The van der Waals surface area contributed by atoms with Crippen molar-refractivity contribution in [3.8, 4) is 28.8 Å². The molecule has 0 radical (unpaired) electrons. The Morgan fingerprint density at radius 2 is 1.97 bits per heavy atom. The third kappa shape index (κ3) is 4.03. The maximum atomic E-state index is 11.5. The van der Waals surface area contributed by atoms with Crippen LogP contribution in [0.5, 0.6) is 17.4 Å². The van der Waals surface area contributed by atoms with Gasteiger partial charge in [0.1, 0.15) is 17.0 Å². The molecule has 1 saturated carbocycles. The molecular formula is C24H20N2O4. The number of benzene rings is 2. The van der Waals surface area contributed by atoms with E-state index in [0.717, 1.165) is 17.9 Å². The first kappa shape index (κ1) is 18.4. The fourth-order valence-corrected chi connectivity index (χ4v) is 3.08. The van der Waals surface area contributed by atoms with Gasteiger partial charge in [-0.3, -0.25) is 4.79 Å². The van der Waals surface area contributed by atoms with Crippen LogP contribution in [0.4, 0.5) is 0 Å². The summed E-state index contributed by atoms with van der Waals surface area (Å²) < 4.78 is 17.5. The van der Waals surface area contributed by atoms with E-state index in [0.29, 0.717) is 40.1 Å². The van der Waals surface area contributed by atoms with Crippen LogP contribution >= 0.6 is 0 Å². The minimum absolute atomic E-state index is 0.0139. The first-order valence-electron chi connectivity index (χ1n) is 9.93. The highest BCUT2D eigenvalue weighted by Crippen LogP contribution is 2.31. The van der Waals surface area contributed by atoms with Crippen molar-refractivity contribution in [2.24, 2.45) is 5.92 Å². The maximum Gasteiger partial charge on any atom is 0.228 e. The van der Waals surface area contributed by atoms with Crippen molar-refractivity contribution in [1.82, 2.24) is 9.97 Å². The lowest BCUT2D eigenvalue weighted by atomic mass is 10.1. The predicted octanol–water partition coefficient (Wildman–Crippen LogP) is 5.67. The van der Waals surface area contributed by atoms with E-state index in [1.54, 1.807) is 30.5 Å². The predicted molar refractivity (Wildman–Crippen MR) is 112 cm³/mol. The molecule has 0 unspecified atom stereocenters. The monoisotopic (exact) mass is 400 g/mol. The number of oxazole rings is 1. The van der Waals surface area contributed by atoms with Crippen LogP contribution in [-0.2, 0) is 0 Å². The molecule has 2 aromatic carbocycles. The summed E-state index contributed by atoms with van der Waals surface area (Å²) in [5.74, 6) is 3.06. The highest BCUT2D eigenvalue weighted by atomic mass is 16.5. The van der Waals surface area contributed by atoms with Gasteiger partial charge < -0.3 is 13.9 Å². The summed E-state index contributed by atoms with van der Waals surface area (Å²) in [5, 5.41) is 0. The van der Waals surface area contributed by atoms with E-state index in [4.69, 9.17) is 13.9 Å². The third-order valence-electron chi connectivity index (χ3n) is 4.99. The van der Waals surface area contributed by atoms with Gasteiger partial charge in [-0.25, -0.2) is 9.97 Å². The fraction of sp³-hybridized carbons (Fsp3) is 0.208. The molecule has 5 rings (SSSR count). The lowest BCUT2D eigenvalue weighted by molar-refractivity contribution is 0.101. The maximum absolute atomic E-state index is 11.5. The lowest BCUT2D eigenvalue weighted by Gasteiger charge is -2.08. The number of ether oxygens (including phenoxy) is 2. The molecule has 0 atom stereocenters. The summed E-state index contributed by atoms with van der Waals surface area (Å²) in [6.45, 7) is 2.28. The van der Waals surface area contributed by atoms with Crippen molar-refractivity contribution < 1.29 is 18.7 Å². The Balaban J connectivity index is 1.31. The zero-order chi connectivity index (χ0) is 20.5. The molecule has 4 aromatic rings. The molecule has 150 valence electrons. The van der Waals surface area contributed by atoms with Gasteiger partial charge >= 0.3 is 0 Å². The van der Waals surface area contributed by atoms with E-state index in [1.165, 1.54) is 19.8 Å². The van der Waals surface area contributed by atoms with Gasteiger partial charge in [-0.15, -0.1) is 0 Å². The molecule has 0 N–H and O–H groups in total. The van der Waals surface area contributed by atoms with Crippen LogP contribution < -0.4 is 9.47 Å². The van der Waals surface area contributed by atoms with Crippen LogP contribution in [0, 0.1) is 5.92 Å². The standard InChI is InChI=1S/C24H20N2O4/c1-15(27)17-7-9-21-22(11-17)30-24(26-21)18-8-10-23(25-13-18)29-20-4-2-3-19(12-20)28-14-16-5-6-16/h2-4,7-13,16H,5-6,14H2,1H3. The molecule has 1 aliphatic carbocycles. The number of hydrogen-bond acceptors (Lipinski definition) is 6. The Bertz CT molecular complexity index is 1210. The van der Waals surface area contributed by atoms with Gasteiger partial charge in [0.05, 0.1) is 12.2 Å². The van der Waals surface area contributed by atoms with Gasteiger partial charge in [-0.05, 0) is 62.1 Å². The number of ketones is 1. The number of nitrogens with zero attached hydrogens (tertiary/aromatic N) is 2. The molecule has 0 aliphatic heterocycles. The van der Waals surface area contributed by atoms with E-state index < -0.39 is 0 Å². The highest BCUT2D eigenvalue weighted by Gasteiger charge is 2.21. The van der Waals surface area contributed by atoms with Crippen LogP contribution in [0.2, 0.25) is 0 Å². The normalized spacial score (nSPS) is 13.4. The second-order valence-corrected chi connectivity index (χ2v) is 7.47. The van der Waals surface area contributed by atoms with Crippen LogP contribution in [0.25, 0.3) is 22.6 Å². The molecular weight excluding hydrogens is 380 g/mol. The fourth-order valence-electron chi connectivity index (χ4n) is 3.08. The van der Waals surface area contributed by atoms with Crippen molar-refractivity contribution in [2.45, 2.75) is 19.8 Å². The van der Waals surface area contributed by atoms with Gasteiger partial charge in [0.25, 0.3) is 0 Å². The zero-order valence-electron chi connectivity index (χ0n) is 16.5. The quantitative estimate of drug-likeness (QED) is 0.372. The van der Waals surface area contributed by atoms with Gasteiger partial charge in [0, 0.05) is 23.9 Å². The molecule has 0 spiro atoms. The minimum atomic E-state index is -0.0139. The smallest absolute Gasteiger partial charge is 0.228 e. The number of carbonyl (C=O) groups excluding carboxylic acids is 1. The van der Waals surface area contributed by atoms with Crippen LogP contribution in [-0.4, -0.2) is 22.4 Å². The molecule has 0 bridgehead atoms. The molecule has 0 amide bonds. The number of pyridine rings is 1. The second kappa shape index (κ2) is 7.63. The average molecular weight is 400 g/mol. The van der Waals surface area contributed by atoms with Crippen molar-refractivity contribution >= 4 is 16.9 Å².